The van der Waals surface area contributed by atoms with E-state index in [1.165, 1.54) is 35.7 Å². The van der Waals surface area contributed by atoms with E-state index in [0.717, 1.165) is 49.9 Å². The van der Waals surface area contributed by atoms with Crippen LogP contribution in [0.25, 0.3) is 0 Å². The second kappa shape index (κ2) is 25.5. The van der Waals surface area contributed by atoms with Gasteiger partial charge >= 0.3 is 11.9 Å². The predicted octanol–water partition coefficient (Wildman–Crippen LogP) is 11.8. The number of halogens is 2. The first-order valence-corrected chi connectivity index (χ1v) is 28.3. The van der Waals surface area contributed by atoms with Gasteiger partial charge in [0.1, 0.15) is 24.0 Å². The van der Waals surface area contributed by atoms with Gasteiger partial charge in [0, 0.05) is 36.6 Å². The molecule has 368 valence electrons. The zero-order valence-corrected chi connectivity index (χ0v) is 42.5. The zero-order valence-electron chi connectivity index (χ0n) is 39.2. The van der Waals surface area contributed by atoms with Gasteiger partial charge in [0.05, 0.1) is 55.7 Å². The molecule has 0 aromatic heterocycles. The number of esters is 2. The van der Waals surface area contributed by atoms with Gasteiger partial charge in [-0.05, 0) is 87.4 Å². The van der Waals surface area contributed by atoms with Crippen LogP contribution in [0.4, 0.5) is 31.5 Å². The highest BCUT2D eigenvalue weighted by Crippen LogP contribution is 2.45. The number of nitrogens with zero attached hydrogens (tertiary/aromatic N) is 2. The Kier molecular flexibility index (Phi) is 20.2. The molecule has 0 saturated carbocycles. The summed E-state index contributed by atoms with van der Waals surface area (Å²) in [6, 6.07) is 25.7. The van der Waals surface area contributed by atoms with Crippen LogP contribution in [0, 0.1) is 11.8 Å². The normalized spacial score (nSPS) is 17.6. The van der Waals surface area contributed by atoms with Crippen molar-refractivity contribution in [2.24, 2.45) is 11.8 Å². The van der Waals surface area contributed by atoms with Gasteiger partial charge in [-0.3, -0.25) is 0 Å². The molecule has 0 unspecified atom stereocenters. The summed E-state index contributed by atoms with van der Waals surface area (Å²) >= 11 is 2.69. The van der Waals surface area contributed by atoms with E-state index in [1.54, 1.807) is 26.0 Å². The number of thioether (sulfide) groups is 2. The first-order valence-electron chi connectivity index (χ1n) is 22.5. The largest absolute Gasteiger partial charge is 0.461 e. The molecule has 2 aliphatic rings. The fourth-order valence-corrected chi connectivity index (χ4v) is 12.6. The average molecular weight is 1020 g/mol. The molecule has 0 radical (unpaired) electrons. The van der Waals surface area contributed by atoms with Crippen molar-refractivity contribution in [2.45, 2.75) is 85.8 Å². The number of ether oxygens (including phenoxy) is 4. The minimum absolute atomic E-state index is 0.0222. The van der Waals surface area contributed by atoms with Crippen LogP contribution in [0.2, 0.25) is 0 Å². The Morgan fingerprint density at radius 3 is 1.31 bits per heavy atom. The van der Waals surface area contributed by atoms with Gasteiger partial charge in [-0.1, -0.05) is 75.9 Å². The molecule has 4 aromatic carbocycles. The molecule has 0 fully saturated rings. The lowest BCUT2D eigenvalue weighted by Crippen LogP contribution is -2.26. The maximum atomic E-state index is 14.0. The molecule has 12 nitrogen and oxygen atoms in total. The highest BCUT2D eigenvalue weighted by molar-refractivity contribution is 7.99. The molecule has 68 heavy (non-hydrogen) atoms. The van der Waals surface area contributed by atoms with Crippen LogP contribution in [0.3, 0.4) is 0 Å². The maximum absolute atomic E-state index is 14.0. The third kappa shape index (κ3) is 14.0. The molecule has 0 saturated heterocycles. The molecule has 2 heterocycles. The molecule has 0 amide bonds. The maximum Gasteiger partial charge on any atom is 0.370 e. The van der Waals surface area contributed by atoms with Gasteiger partial charge in [-0.2, -0.15) is 8.78 Å². The van der Waals surface area contributed by atoms with E-state index >= 15 is 0 Å². The summed E-state index contributed by atoms with van der Waals surface area (Å²) in [5, 5.41) is 0. The molecule has 0 aliphatic carbocycles. The van der Waals surface area contributed by atoms with E-state index in [-0.39, 0.29) is 57.8 Å². The van der Waals surface area contributed by atoms with E-state index in [9.17, 15) is 35.2 Å². The Hall–Kier alpha value is -5.04. The summed E-state index contributed by atoms with van der Waals surface area (Å²) in [7, 11) is -7.29. The summed E-state index contributed by atoms with van der Waals surface area (Å²) < 4.78 is 102. The van der Waals surface area contributed by atoms with Crippen molar-refractivity contribution in [2.75, 3.05) is 60.1 Å². The summed E-state index contributed by atoms with van der Waals surface area (Å²) in [4.78, 5) is 28.7. The number of anilines is 4. The van der Waals surface area contributed by atoms with E-state index in [0.29, 0.717) is 46.8 Å². The molecule has 4 aromatic rings. The third-order valence-corrected chi connectivity index (χ3v) is 16.5. The van der Waals surface area contributed by atoms with Gasteiger partial charge < -0.3 is 28.7 Å². The lowest BCUT2D eigenvalue weighted by molar-refractivity contribution is -0.141. The Morgan fingerprint density at radius 1 is 0.618 bits per heavy atom. The third-order valence-electron chi connectivity index (χ3n) is 11.1. The van der Waals surface area contributed by atoms with Gasteiger partial charge in [0.15, 0.2) is 19.7 Å². The van der Waals surface area contributed by atoms with Crippen molar-refractivity contribution >= 4 is 77.9 Å². The number of carbonyl (C=O) groups is 2. The first kappa shape index (κ1) is 53.9. The van der Waals surface area contributed by atoms with Crippen LogP contribution >= 0.6 is 23.5 Å². The van der Waals surface area contributed by atoms with Crippen LogP contribution in [0.5, 0.6) is 11.5 Å². The number of fused-ring (bicyclic) bond motifs is 2. The lowest BCUT2D eigenvalue weighted by Gasteiger charge is -2.28. The number of hydrogen-bond acceptors (Lipinski definition) is 14. The SMILES string of the molecule is CCCC[C@@H]1CN(c2ccccc2)c2cc(SC)c(O/C=C(\F)C(=O)OCC)cc2S(=O)(=O)C1.CCCC[C@H]1CN(c2ccccc2)c2cc(SC)c(O/C=C(\F)C(=O)OCC)cc2S(=O)(=O)C1. The number of benzene rings is 4. The number of sulfone groups is 2. The Balaban J connectivity index is 0.000000254. The van der Waals surface area contributed by atoms with Crippen molar-refractivity contribution in [3.63, 3.8) is 0 Å². The van der Waals surface area contributed by atoms with E-state index < -0.39 is 43.3 Å². The molecule has 2 aliphatic heterocycles. The van der Waals surface area contributed by atoms with Crippen molar-refractivity contribution in [1.29, 1.82) is 0 Å². The number of hydrogen-bond donors (Lipinski definition) is 0. The molecular formula is C50H60F2N2O10S4. The number of unbranched alkanes of at least 4 members (excludes halogenated alkanes) is 2. The van der Waals surface area contributed by atoms with Crippen LogP contribution in [-0.4, -0.2) is 79.1 Å². The quantitative estimate of drug-likeness (QED) is 0.0403. The highest BCUT2D eigenvalue weighted by Gasteiger charge is 2.35. The number of rotatable bonds is 18. The van der Waals surface area contributed by atoms with Gasteiger partial charge in [0.25, 0.3) is 0 Å². The Labute approximate surface area is 408 Å². The second-order valence-corrected chi connectivity index (χ2v) is 21.7. The van der Waals surface area contributed by atoms with Gasteiger partial charge in [-0.15, -0.1) is 23.5 Å². The smallest absolute Gasteiger partial charge is 0.370 e. The minimum atomic E-state index is -3.65. The lowest BCUT2D eigenvalue weighted by atomic mass is 10.0. The summed E-state index contributed by atoms with van der Waals surface area (Å²) in [6.07, 6.45) is 10.4. The average Bonchev–Trinajstić information content (AvgIpc) is 3.52. The van der Waals surface area contributed by atoms with Crippen molar-refractivity contribution in [1.82, 2.24) is 0 Å². The van der Waals surface area contributed by atoms with Gasteiger partial charge in [-0.25, -0.2) is 26.4 Å². The Morgan fingerprint density at radius 2 is 0.985 bits per heavy atom. The van der Waals surface area contributed by atoms with Crippen LogP contribution in [0.15, 0.2) is 129 Å². The molecule has 0 spiro atoms. The molecule has 18 heteroatoms. The highest BCUT2D eigenvalue weighted by atomic mass is 32.2. The summed E-state index contributed by atoms with van der Waals surface area (Å²) in [5.41, 5.74) is 2.93. The monoisotopic (exact) mass is 1010 g/mol. The van der Waals surface area contributed by atoms with E-state index in [1.807, 2.05) is 83.0 Å². The summed E-state index contributed by atoms with van der Waals surface area (Å²) in [5.74, 6) is -4.38. The predicted molar refractivity (Wildman–Crippen MR) is 266 cm³/mol. The van der Waals surface area contributed by atoms with Crippen LogP contribution in [-0.2, 0) is 38.7 Å². The number of para-hydroxylation sites is 2. The van der Waals surface area contributed by atoms with Crippen molar-refractivity contribution in [3.05, 3.63) is 109 Å². The molecule has 2 atom stereocenters. The zero-order chi connectivity index (χ0) is 49.4. The van der Waals surface area contributed by atoms with Crippen LogP contribution in [0.1, 0.15) is 66.2 Å². The van der Waals surface area contributed by atoms with Crippen molar-refractivity contribution < 1.29 is 54.2 Å². The molecule has 6 rings (SSSR count). The van der Waals surface area contributed by atoms with E-state index in [2.05, 4.69) is 23.3 Å². The molecular weight excluding hydrogens is 955 g/mol. The topological polar surface area (TPSA) is 146 Å². The van der Waals surface area contributed by atoms with Crippen molar-refractivity contribution in [3.8, 4) is 11.5 Å². The second-order valence-electron chi connectivity index (χ2n) is 16.0. The molecule has 0 N–H and O–H groups in total. The number of carbonyl (C=O) groups excluding carboxylic acids is 2. The van der Waals surface area contributed by atoms with E-state index in [4.69, 9.17) is 9.47 Å². The fourth-order valence-electron chi connectivity index (χ4n) is 7.87. The van der Waals surface area contributed by atoms with Gasteiger partial charge in [0.2, 0.25) is 11.7 Å². The van der Waals surface area contributed by atoms with Crippen LogP contribution < -0.4 is 19.3 Å². The standard InChI is InChI=1S/2C25H30FNO5S2/c2*1-4-6-10-18-15-27(19-11-8-7-9-12-19)21-13-23(33-3)22(14-24(21)34(29,30)17-18)32-16-20(26)25(28)31-5-2/h2*7-9,11-14,16,18H,4-6,10,15,17H2,1-3H3/b2*20-16-/t2*18-/m10/s1. The molecule has 0 bridgehead atoms. The minimum Gasteiger partial charge on any atom is -0.461 e. The summed E-state index contributed by atoms with van der Waals surface area (Å²) in [6.45, 7) is 8.52. The fraction of sp³-hybridized carbons (Fsp3) is 0.400. The first-order chi connectivity index (χ1) is 32.6. The Bertz CT molecular complexity index is 2450.